The van der Waals surface area contributed by atoms with Gasteiger partial charge in [-0.3, -0.25) is 0 Å². The minimum absolute atomic E-state index is 0.193. The van der Waals surface area contributed by atoms with Crippen LogP contribution >= 0.6 is 0 Å². The first-order valence-corrected chi connectivity index (χ1v) is 19.1. The molecule has 0 spiro atoms. The first-order valence-electron chi connectivity index (χ1n) is 19.1. The van der Waals surface area contributed by atoms with E-state index in [1.165, 1.54) is 44.5 Å². The lowest BCUT2D eigenvalue weighted by atomic mass is 9.77. The molecule has 0 fully saturated rings. The van der Waals surface area contributed by atoms with Crippen molar-refractivity contribution in [3.63, 3.8) is 0 Å². The van der Waals surface area contributed by atoms with Gasteiger partial charge in [0.2, 0.25) is 0 Å². The molecular weight excluding hydrogens is 649 g/mol. The zero-order chi connectivity index (χ0) is 37.3. The highest BCUT2D eigenvalue weighted by atomic mass is 16.5. The monoisotopic (exact) mass is 702 g/mol. The van der Waals surface area contributed by atoms with Crippen LogP contribution < -0.4 is 9.47 Å². The molecule has 0 saturated carbocycles. The Morgan fingerprint density at radius 2 is 0.774 bits per heavy atom. The molecule has 6 aromatic rings. The average Bonchev–Trinajstić information content (AvgIpc) is 3.19. The van der Waals surface area contributed by atoms with Crippen molar-refractivity contribution in [2.75, 3.05) is 13.2 Å². The summed E-state index contributed by atoms with van der Waals surface area (Å²) in [6.07, 6.45) is 1.19. The zero-order valence-corrected chi connectivity index (χ0v) is 32.2. The molecule has 3 heteroatoms. The summed E-state index contributed by atoms with van der Waals surface area (Å²) in [5, 5.41) is 0. The number of benzene rings is 6. The minimum Gasteiger partial charge on any atom is -0.494 e. The van der Waals surface area contributed by atoms with E-state index in [4.69, 9.17) is 14.2 Å². The summed E-state index contributed by atoms with van der Waals surface area (Å²) in [6.45, 7) is 14.7. The molecule has 0 amide bonds. The minimum atomic E-state index is -0.195. The Morgan fingerprint density at radius 1 is 0.415 bits per heavy atom. The second-order valence-electron chi connectivity index (χ2n) is 15.2. The van der Waals surface area contributed by atoms with Crippen LogP contribution in [0, 0.1) is 0 Å². The van der Waals surface area contributed by atoms with E-state index in [9.17, 15) is 0 Å². The molecule has 2 unspecified atom stereocenters. The predicted molar refractivity (Wildman–Crippen MR) is 221 cm³/mol. The molecule has 0 heterocycles. The highest BCUT2D eigenvalue weighted by Crippen LogP contribution is 2.44. The van der Waals surface area contributed by atoms with Gasteiger partial charge in [-0.05, 0) is 118 Å². The topological polar surface area (TPSA) is 27.7 Å². The van der Waals surface area contributed by atoms with Gasteiger partial charge in [0.1, 0.15) is 11.5 Å². The maximum absolute atomic E-state index is 7.59. The van der Waals surface area contributed by atoms with E-state index in [0.717, 1.165) is 24.3 Å². The van der Waals surface area contributed by atoms with Gasteiger partial charge in [0.05, 0.1) is 25.4 Å². The number of ether oxygens (including phenoxy) is 3. The summed E-state index contributed by atoms with van der Waals surface area (Å²) in [7, 11) is 0. The van der Waals surface area contributed by atoms with Crippen LogP contribution in [0.15, 0.2) is 158 Å². The molecule has 6 rings (SSSR count). The van der Waals surface area contributed by atoms with Gasteiger partial charge in [-0.2, -0.15) is 0 Å². The molecule has 0 bridgehead atoms. The summed E-state index contributed by atoms with van der Waals surface area (Å²) in [5.74, 6) is 1.79. The summed E-state index contributed by atoms with van der Waals surface area (Å²) >= 11 is 0. The van der Waals surface area contributed by atoms with Crippen molar-refractivity contribution in [3.05, 3.63) is 180 Å². The van der Waals surface area contributed by atoms with Crippen LogP contribution in [0.4, 0.5) is 0 Å². The lowest BCUT2D eigenvalue weighted by Gasteiger charge is -2.36. The Labute approximate surface area is 317 Å². The molecule has 0 aliphatic heterocycles. The maximum atomic E-state index is 7.59. The Morgan fingerprint density at radius 3 is 1.13 bits per heavy atom. The Kier molecular flexibility index (Phi) is 12.2. The van der Waals surface area contributed by atoms with E-state index in [1.807, 2.05) is 13.8 Å². The molecule has 2 atom stereocenters. The Hall–Kier alpha value is -5.12. The summed E-state index contributed by atoms with van der Waals surface area (Å²) < 4.78 is 19.2. The van der Waals surface area contributed by atoms with Crippen molar-refractivity contribution in [1.29, 1.82) is 0 Å². The van der Waals surface area contributed by atoms with Crippen LogP contribution in [0.2, 0.25) is 0 Å². The smallest absolute Gasteiger partial charge is 0.119 e. The number of rotatable bonds is 16. The molecule has 53 heavy (non-hydrogen) atoms. The van der Waals surface area contributed by atoms with Gasteiger partial charge in [0.15, 0.2) is 0 Å². The highest BCUT2D eigenvalue weighted by molar-refractivity contribution is 5.65. The molecule has 0 radical (unpaired) electrons. The SMILES string of the molecule is CCOc1ccc(C(C)(C)CC(OC(CC(C)(C)c2ccc(OCC)cc2)c2cccc(-c3ccccc3)c2)c2cccc(-c3ccccc3)c2)cc1. The molecule has 0 saturated heterocycles. The Balaban J connectivity index is 1.42. The molecule has 0 aliphatic carbocycles. The van der Waals surface area contributed by atoms with E-state index in [0.29, 0.717) is 13.2 Å². The van der Waals surface area contributed by atoms with Gasteiger partial charge in [-0.15, -0.1) is 0 Å². The summed E-state index contributed by atoms with van der Waals surface area (Å²) in [6, 6.07) is 56.3. The van der Waals surface area contributed by atoms with E-state index in [1.54, 1.807) is 0 Å². The average molecular weight is 703 g/mol. The molecular formula is C50H54O3. The van der Waals surface area contributed by atoms with Crippen molar-refractivity contribution < 1.29 is 14.2 Å². The van der Waals surface area contributed by atoms with Crippen LogP contribution in [0.5, 0.6) is 11.5 Å². The van der Waals surface area contributed by atoms with E-state index >= 15 is 0 Å². The lowest BCUT2D eigenvalue weighted by Crippen LogP contribution is -2.26. The molecule has 3 nitrogen and oxygen atoms in total. The normalized spacial score (nSPS) is 12.9. The third kappa shape index (κ3) is 9.66. The van der Waals surface area contributed by atoms with Gasteiger partial charge in [0.25, 0.3) is 0 Å². The van der Waals surface area contributed by atoms with Crippen molar-refractivity contribution in [1.82, 2.24) is 0 Å². The van der Waals surface area contributed by atoms with Crippen LogP contribution in [0.3, 0.4) is 0 Å². The second-order valence-corrected chi connectivity index (χ2v) is 15.2. The van der Waals surface area contributed by atoms with E-state index < -0.39 is 0 Å². The number of hydrogen-bond acceptors (Lipinski definition) is 3. The number of hydrogen-bond donors (Lipinski definition) is 0. The summed E-state index contributed by atoms with van der Waals surface area (Å²) in [5.41, 5.74) is 9.24. The Bertz CT molecular complexity index is 1860. The van der Waals surface area contributed by atoms with Gasteiger partial charge in [0, 0.05) is 0 Å². The maximum Gasteiger partial charge on any atom is 0.119 e. The first kappa shape index (κ1) is 37.6. The van der Waals surface area contributed by atoms with E-state index in [2.05, 4.69) is 185 Å². The van der Waals surface area contributed by atoms with Gasteiger partial charge in [-0.25, -0.2) is 0 Å². The second kappa shape index (κ2) is 17.1. The van der Waals surface area contributed by atoms with Crippen LogP contribution in [-0.2, 0) is 15.6 Å². The molecule has 0 aliphatic rings. The largest absolute Gasteiger partial charge is 0.494 e. The van der Waals surface area contributed by atoms with Gasteiger partial charge < -0.3 is 14.2 Å². The van der Waals surface area contributed by atoms with Crippen LogP contribution in [-0.4, -0.2) is 13.2 Å². The fraction of sp³-hybridized carbons (Fsp3) is 0.280. The zero-order valence-electron chi connectivity index (χ0n) is 32.2. The molecule has 6 aromatic carbocycles. The van der Waals surface area contributed by atoms with Crippen molar-refractivity contribution in [2.45, 2.75) is 77.4 Å². The van der Waals surface area contributed by atoms with Gasteiger partial charge >= 0.3 is 0 Å². The summed E-state index contributed by atoms with van der Waals surface area (Å²) in [4.78, 5) is 0. The predicted octanol–water partition coefficient (Wildman–Crippen LogP) is 13.4. The lowest BCUT2D eigenvalue weighted by molar-refractivity contribution is -0.0411. The molecule has 0 aromatic heterocycles. The first-order chi connectivity index (χ1) is 25.6. The van der Waals surface area contributed by atoms with Crippen molar-refractivity contribution >= 4 is 0 Å². The fourth-order valence-electron chi connectivity index (χ4n) is 7.29. The molecule has 272 valence electrons. The quantitative estimate of drug-likeness (QED) is 0.100. The fourth-order valence-corrected chi connectivity index (χ4v) is 7.29. The van der Waals surface area contributed by atoms with Crippen LogP contribution in [0.25, 0.3) is 22.3 Å². The standard InChI is InChI=1S/C50H54O3/c1-7-51-45-29-25-43(26-30-45)49(3,4)35-47(41-23-15-21-39(33-41)37-17-11-9-12-18-37)53-48(36-50(5,6)44-27-31-46(32-28-44)52-8-2)42-24-16-22-40(34-42)38-19-13-10-14-20-38/h9-34,47-48H,7-8,35-36H2,1-6H3. The van der Waals surface area contributed by atoms with E-state index in [-0.39, 0.29) is 23.0 Å². The highest BCUT2D eigenvalue weighted by Gasteiger charge is 2.33. The van der Waals surface area contributed by atoms with Crippen molar-refractivity contribution in [3.8, 4) is 33.8 Å². The molecule has 0 N–H and O–H groups in total. The van der Waals surface area contributed by atoms with Crippen LogP contribution in [0.1, 0.15) is 88.8 Å². The van der Waals surface area contributed by atoms with Gasteiger partial charge in [-0.1, -0.05) is 149 Å². The van der Waals surface area contributed by atoms with Crippen molar-refractivity contribution in [2.24, 2.45) is 0 Å². The third-order valence-corrected chi connectivity index (χ3v) is 10.3. The third-order valence-electron chi connectivity index (χ3n) is 10.3.